The van der Waals surface area contributed by atoms with E-state index in [-0.39, 0.29) is 5.82 Å². The van der Waals surface area contributed by atoms with Crippen LogP contribution in [0, 0.1) is 5.82 Å². The van der Waals surface area contributed by atoms with Crippen LogP contribution in [-0.2, 0) is 4.74 Å². The second kappa shape index (κ2) is 5.17. The summed E-state index contributed by atoms with van der Waals surface area (Å²) in [6.07, 6.45) is 2.83. The highest BCUT2D eigenvalue weighted by Crippen LogP contribution is 2.13. The Morgan fingerprint density at radius 2 is 1.95 bits per heavy atom. The molecule has 0 aliphatic rings. The fourth-order valence-electron chi connectivity index (χ4n) is 1.37. The third-order valence-electron chi connectivity index (χ3n) is 2.09. The van der Waals surface area contributed by atoms with Gasteiger partial charge in [0.05, 0.1) is 0 Å². The van der Waals surface area contributed by atoms with Crippen molar-refractivity contribution in [2.24, 2.45) is 5.10 Å². The summed E-state index contributed by atoms with van der Waals surface area (Å²) < 4.78 is 18.7. The van der Waals surface area contributed by atoms with Gasteiger partial charge in [0.2, 0.25) is 5.90 Å². The molecule has 0 atom stereocenters. The molecular weight excluding hydrogens is 247 g/mol. The zero-order valence-corrected chi connectivity index (χ0v) is 11.0. The third kappa shape index (κ3) is 3.87. The van der Waals surface area contributed by atoms with Crippen molar-refractivity contribution in [3.05, 3.63) is 48.3 Å². The van der Waals surface area contributed by atoms with Crippen LogP contribution in [0.1, 0.15) is 26.3 Å². The first-order valence-electron chi connectivity index (χ1n) is 5.83. The van der Waals surface area contributed by atoms with Gasteiger partial charge in [0.15, 0.2) is 0 Å². The Kier molecular flexibility index (Phi) is 3.59. The van der Waals surface area contributed by atoms with Gasteiger partial charge in [-0.1, -0.05) is 0 Å². The van der Waals surface area contributed by atoms with E-state index in [2.05, 4.69) is 15.2 Å². The largest absolute Gasteiger partial charge is 0.470 e. The summed E-state index contributed by atoms with van der Waals surface area (Å²) in [5, 5.41) is 8.11. The smallest absolute Gasteiger partial charge is 0.241 e. The van der Waals surface area contributed by atoms with Gasteiger partial charge in [0.25, 0.3) is 0 Å². The molecular formula is C13H15FN4O. The molecule has 0 unspecified atom stereocenters. The molecule has 0 aliphatic carbocycles. The predicted molar refractivity (Wildman–Crippen MR) is 69.2 cm³/mol. The van der Waals surface area contributed by atoms with E-state index < -0.39 is 5.60 Å². The van der Waals surface area contributed by atoms with Gasteiger partial charge >= 0.3 is 0 Å². The van der Waals surface area contributed by atoms with Crippen molar-refractivity contribution in [3.63, 3.8) is 0 Å². The minimum atomic E-state index is -0.423. The standard InChI is InChI=1S/C13H15FN4O/c1-13(2,3)19-12(17-18-9-15-8-16-18)10-4-6-11(14)7-5-10/h4-9H,1-3H3/b17-12-. The van der Waals surface area contributed by atoms with Crippen LogP contribution >= 0.6 is 0 Å². The van der Waals surface area contributed by atoms with E-state index in [4.69, 9.17) is 4.74 Å². The number of nitrogens with zero attached hydrogens (tertiary/aromatic N) is 4. The van der Waals surface area contributed by atoms with Gasteiger partial charge in [-0.15, -0.1) is 15.0 Å². The molecule has 0 fully saturated rings. The molecule has 1 aromatic carbocycles. The summed E-state index contributed by atoms with van der Waals surface area (Å²) >= 11 is 0. The molecule has 5 nitrogen and oxygen atoms in total. The van der Waals surface area contributed by atoms with Crippen LogP contribution in [-0.4, -0.2) is 26.4 Å². The van der Waals surface area contributed by atoms with E-state index in [0.29, 0.717) is 11.5 Å². The van der Waals surface area contributed by atoms with Crippen LogP contribution in [0.25, 0.3) is 0 Å². The average molecular weight is 262 g/mol. The van der Waals surface area contributed by atoms with E-state index >= 15 is 0 Å². The normalized spacial score (nSPS) is 12.5. The van der Waals surface area contributed by atoms with Gasteiger partial charge in [-0.2, -0.15) is 0 Å². The minimum absolute atomic E-state index is 0.306. The molecule has 100 valence electrons. The number of benzene rings is 1. The molecule has 0 bridgehead atoms. The molecule has 2 rings (SSSR count). The molecule has 0 saturated carbocycles. The number of rotatable bonds is 2. The maximum atomic E-state index is 13.0. The monoisotopic (exact) mass is 262 g/mol. The first-order chi connectivity index (χ1) is 8.94. The number of hydrogen-bond donors (Lipinski definition) is 0. The number of ether oxygens (including phenoxy) is 1. The Morgan fingerprint density at radius 1 is 1.26 bits per heavy atom. The molecule has 6 heteroatoms. The molecule has 1 heterocycles. The number of aromatic nitrogens is 3. The molecule has 0 spiro atoms. The van der Waals surface area contributed by atoms with Crippen LogP contribution in [0.2, 0.25) is 0 Å². The van der Waals surface area contributed by atoms with Crippen molar-refractivity contribution < 1.29 is 9.13 Å². The lowest BCUT2D eigenvalue weighted by atomic mass is 10.1. The summed E-state index contributed by atoms with van der Waals surface area (Å²) in [6, 6.07) is 5.93. The molecule has 0 amide bonds. The topological polar surface area (TPSA) is 52.3 Å². The Morgan fingerprint density at radius 3 is 2.47 bits per heavy atom. The maximum absolute atomic E-state index is 13.0. The fraction of sp³-hybridized carbons (Fsp3) is 0.308. The highest BCUT2D eigenvalue weighted by atomic mass is 19.1. The lowest BCUT2D eigenvalue weighted by Gasteiger charge is -2.22. The molecule has 0 saturated heterocycles. The quantitative estimate of drug-likeness (QED) is 0.617. The summed E-state index contributed by atoms with van der Waals surface area (Å²) in [5.41, 5.74) is 0.250. The van der Waals surface area contributed by atoms with Crippen molar-refractivity contribution in [2.45, 2.75) is 26.4 Å². The number of halogens is 1. The summed E-state index contributed by atoms with van der Waals surface area (Å²) in [7, 11) is 0. The van der Waals surface area contributed by atoms with Crippen molar-refractivity contribution >= 4 is 5.90 Å². The fourth-order valence-corrected chi connectivity index (χ4v) is 1.37. The summed E-state index contributed by atoms with van der Waals surface area (Å²) in [4.78, 5) is 5.10. The van der Waals surface area contributed by atoms with Crippen molar-refractivity contribution in [1.29, 1.82) is 0 Å². The van der Waals surface area contributed by atoms with Gasteiger partial charge < -0.3 is 4.74 Å². The van der Waals surface area contributed by atoms with E-state index in [1.54, 1.807) is 12.1 Å². The van der Waals surface area contributed by atoms with Crippen LogP contribution in [0.5, 0.6) is 0 Å². The van der Waals surface area contributed by atoms with E-state index in [9.17, 15) is 4.39 Å². The Balaban J connectivity index is 2.37. The van der Waals surface area contributed by atoms with Crippen LogP contribution in [0.15, 0.2) is 42.0 Å². The Hall–Kier alpha value is -2.24. The van der Waals surface area contributed by atoms with Crippen LogP contribution in [0.3, 0.4) is 0 Å². The van der Waals surface area contributed by atoms with Gasteiger partial charge in [-0.05, 0) is 45.0 Å². The molecule has 0 radical (unpaired) electrons. The average Bonchev–Trinajstić information content (AvgIpc) is 2.80. The lowest BCUT2D eigenvalue weighted by molar-refractivity contribution is 0.116. The summed E-state index contributed by atoms with van der Waals surface area (Å²) in [5.74, 6) is 0.0533. The van der Waals surface area contributed by atoms with Gasteiger partial charge in [0, 0.05) is 5.56 Å². The highest BCUT2D eigenvalue weighted by Gasteiger charge is 2.17. The van der Waals surface area contributed by atoms with Crippen molar-refractivity contribution in [1.82, 2.24) is 14.9 Å². The second-order valence-electron chi connectivity index (χ2n) is 4.94. The van der Waals surface area contributed by atoms with Gasteiger partial charge in [-0.3, -0.25) is 0 Å². The minimum Gasteiger partial charge on any atom is -0.470 e. The second-order valence-corrected chi connectivity index (χ2v) is 4.94. The molecule has 0 N–H and O–H groups in total. The van der Waals surface area contributed by atoms with Crippen molar-refractivity contribution in [2.75, 3.05) is 0 Å². The van der Waals surface area contributed by atoms with Gasteiger partial charge in [-0.25, -0.2) is 9.37 Å². The molecule has 19 heavy (non-hydrogen) atoms. The zero-order chi connectivity index (χ0) is 13.9. The number of hydrogen-bond acceptors (Lipinski definition) is 4. The maximum Gasteiger partial charge on any atom is 0.241 e. The molecule has 1 aromatic heterocycles. The summed E-state index contributed by atoms with van der Waals surface area (Å²) in [6.45, 7) is 5.73. The van der Waals surface area contributed by atoms with E-state index in [1.165, 1.54) is 29.6 Å². The van der Waals surface area contributed by atoms with Crippen molar-refractivity contribution in [3.8, 4) is 0 Å². The van der Waals surface area contributed by atoms with E-state index in [1.807, 2.05) is 20.8 Å². The van der Waals surface area contributed by atoms with Gasteiger partial charge in [0.1, 0.15) is 24.1 Å². The predicted octanol–water partition coefficient (Wildman–Crippen LogP) is 2.44. The SMILES string of the molecule is CC(C)(C)O/C(=N\n1cncn1)c1ccc(F)cc1. The van der Waals surface area contributed by atoms with E-state index in [0.717, 1.165) is 0 Å². The third-order valence-corrected chi connectivity index (χ3v) is 2.09. The molecule has 2 aromatic rings. The van der Waals surface area contributed by atoms with Crippen LogP contribution < -0.4 is 0 Å². The lowest BCUT2D eigenvalue weighted by Crippen LogP contribution is -2.25. The first kappa shape index (κ1) is 13.2. The Labute approximate surface area is 110 Å². The highest BCUT2D eigenvalue weighted by molar-refractivity contribution is 5.94. The van der Waals surface area contributed by atoms with Crippen LogP contribution in [0.4, 0.5) is 4.39 Å². The molecule has 0 aliphatic heterocycles. The first-order valence-corrected chi connectivity index (χ1v) is 5.83. The zero-order valence-electron chi connectivity index (χ0n) is 11.0. The Bertz CT molecular complexity index is 555.